The lowest BCUT2D eigenvalue weighted by Gasteiger charge is -2.14. The van der Waals surface area contributed by atoms with Gasteiger partial charge in [0.15, 0.2) is 11.1 Å². The molecular formula is C17H29IN6S2. The number of thiazole rings is 2. The molecule has 26 heavy (non-hydrogen) atoms. The summed E-state index contributed by atoms with van der Waals surface area (Å²) in [6, 6.07) is 0. The van der Waals surface area contributed by atoms with Crippen LogP contribution < -0.4 is 15.5 Å². The van der Waals surface area contributed by atoms with E-state index in [1.807, 2.05) is 19.0 Å². The number of rotatable bonds is 6. The smallest absolute Gasteiger partial charge is 0.191 e. The topological polar surface area (TPSA) is 65.4 Å². The first-order valence-electron chi connectivity index (χ1n) is 8.30. The predicted molar refractivity (Wildman–Crippen MR) is 125 cm³/mol. The molecule has 0 aliphatic rings. The maximum atomic E-state index is 4.72. The predicted octanol–water partition coefficient (Wildman–Crippen LogP) is 3.49. The molecule has 0 fully saturated rings. The summed E-state index contributed by atoms with van der Waals surface area (Å²) in [5.74, 6) is 0.784. The Balaban J connectivity index is 0.00000338. The second-order valence-corrected chi connectivity index (χ2v) is 8.77. The Labute approximate surface area is 181 Å². The third-order valence-electron chi connectivity index (χ3n) is 3.53. The zero-order valence-electron chi connectivity index (χ0n) is 16.3. The van der Waals surface area contributed by atoms with Gasteiger partial charge in [-0.25, -0.2) is 9.97 Å². The normalized spacial score (nSPS) is 11.8. The van der Waals surface area contributed by atoms with Crippen molar-refractivity contribution in [2.45, 2.75) is 39.2 Å². The van der Waals surface area contributed by atoms with Crippen molar-refractivity contribution in [3.63, 3.8) is 0 Å². The monoisotopic (exact) mass is 508 g/mol. The molecule has 0 amide bonds. The van der Waals surface area contributed by atoms with Gasteiger partial charge in [-0.3, -0.25) is 4.99 Å². The molecule has 0 aliphatic heterocycles. The zero-order chi connectivity index (χ0) is 18.4. The van der Waals surface area contributed by atoms with E-state index in [4.69, 9.17) is 4.98 Å². The van der Waals surface area contributed by atoms with E-state index < -0.39 is 0 Å². The van der Waals surface area contributed by atoms with Crippen molar-refractivity contribution in [2.75, 3.05) is 32.6 Å². The summed E-state index contributed by atoms with van der Waals surface area (Å²) in [4.78, 5) is 15.6. The third kappa shape index (κ3) is 6.99. The highest BCUT2D eigenvalue weighted by molar-refractivity contribution is 14.0. The molecule has 0 radical (unpaired) electrons. The highest BCUT2D eigenvalue weighted by Gasteiger charge is 2.17. The Hall–Kier alpha value is -0.940. The van der Waals surface area contributed by atoms with Gasteiger partial charge in [0.25, 0.3) is 0 Å². The minimum atomic E-state index is 0. The van der Waals surface area contributed by atoms with Gasteiger partial charge in [0.05, 0.1) is 22.9 Å². The van der Waals surface area contributed by atoms with Crippen molar-refractivity contribution in [1.82, 2.24) is 20.6 Å². The van der Waals surface area contributed by atoms with E-state index in [1.165, 1.54) is 0 Å². The van der Waals surface area contributed by atoms with Crippen molar-refractivity contribution < 1.29 is 0 Å². The molecule has 6 nitrogen and oxygen atoms in total. The summed E-state index contributed by atoms with van der Waals surface area (Å²) in [6.45, 7) is 8.04. The Morgan fingerprint density at radius 3 is 2.42 bits per heavy atom. The van der Waals surface area contributed by atoms with E-state index in [-0.39, 0.29) is 29.4 Å². The minimum absolute atomic E-state index is 0. The molecule has 2 aromatic rings. The number of halogens is 1. The lowest BCUT2D eigenvalue weighted by molar-refractivity contribution is 0.570. The number of aliphatic imine (C=N–C) groups is 1. The summed E-state index contributed by atoms with van der Waals surface area (Å²) < 4.78 is 0. The third-order valence-corrected chi connectivity index (χ3v) is 5.50. The summed E-state index contributed by atoms with van der Waals surface area (Å²) >= 11 is 3.37. The second kappa shape index (κ2) is 10.4. The van der Waals surface area contributed by atoms with E-state index >= 15 is 0 Å². The molecule has 0 aliphatic carbocycles. The number of hydrogen-bond acceptors (Lipinski definition) is 6. The van der Waals surface area contributed by atoms with Crippen molar-refractivity contribution in [3.05, 3.63) is 27.2 Å². The van der Waals surface area contributed by atoms with Crippen molar-refractivity contribution in [2.24, 2.45) is 4.99 Å². The molecule has 0 bridgehead atoms. The molecular weight excluding hydrogens is 479 g/mol. The van der Waals surface area contributed by atoms with Crippen molar-refractivity contribution in [3.8, 4) is 0 Å². The lowest BCUT2D eigenvalue weighted by Crippen LogP contribution is -2.37. The standard InChI is InChI=1S/C17H28N6S2.HI/c1-17(2,3)13-11-24-14(22-13)7-8-19-15(18-4)20-9-12-10-25-16(21-12)23(5)6;/h10-11H,7-9H2,1-6H3,(H2,18,19,20);1H. The summed E-state index contributed by atoms with van der Waals surface area (Å²) in [5.41, 5.74) is 2.29. The lowest BCUT2D eigenvalue weighted by atomic mass is 9.93. The SMILES string of the molecule is CN=C(NCCc1nc(C(C)(C)C)cs1)NCc1csc(N(C)C)n1.I. The fourth-order valence-corrected chi connectivity index (χ4v) is 3.82. The largest absolute Gasteiger partial charge is 0.356 e. The van der Waals surface area contributed by atoms with Crippen LogP contribution in [0.25, 0.3) is 0 Å². The maximum absolute atomic E-state index is 4.72. The van der Waals surface area contributed by atoms with Gasteiger partial charge >= 0.3 is 0 Å². The first-order valence-corrected chi connectivity index (χ1v) is 10.1. The number of anilines is 1. The van der Waals surface area contributed by atoms with Gasteiger partial charge in [0, 0.05) is 50.3 Å². The van der Waals surface area contributed by atoms with E-state index in [9.17, 15) is 0 Å². The molecule has 0 spiro atoms. The molecule has 0 saturated heterocycles. The highest BCUT2D eigenvalue weighted by Crippen LogP contribution is 2.23. The molecule has 146 valence electrons. The van der Waals surface area contributed by atoms with Crippen LogP contribution in [0.15, 0.2) is 15.8 Å². The number of aromatic nitrogens is 2. The molecule has 0 aromatic carbocycles. The maximum Gasteiger partial charge on any atom is 0.191 e. The van der Waals surface area contributed by atoms with Gasteiger partial charge in [-0.1, -0.05) is 20.8 Å². The van der Waals surface area contributed by atoms with Gasteiger partial charge < -0.3 is 15.5 Å². The number of nitrogens with one attached hydrogen (secondary N) is 2. The van der Waals surface area contributed by atoms with Gasteiger partial charge in [0.2, 0.25) is 0 Å². The van der Waals surface area contributed by atoms with Crippen LogP contribution >= 0.6 is 46.7 Å². The van der Waals surface area contributed by atoms with E-state index in [0.29, 0.717) is 6.54 Å². The summed E-state index contributed by atoms with van der Waals surface area (Å²) in [7, 11) is 5.78. The van der Waals surface area contributed by atoms with Crippen LogP contribution in [0, 0.1) is 0 Å². The molecule has 0 unspecified atom stereocenters. The Morgan fingerprint density at radius 1 is 1.15 bits per heavy atom. The quantitative estimate of drug-likeness (QED) is 0.356. The first kappa shape index (κ1) is 23.1. The fourth-order valence-electron chi connectivity index (χ4n) is 2.04. The van der Waals surface area contributed by atoms with E-state index in [1.54, 1.807) is 29.7 Å². The molecule has 9 heteroatoms. The molecule has 2 heterocycles. The van der Waals surface area contributed by atoms with Crippen LogP contribution in [0.1, 0.15) is 37.2 Å². The molecule has 0 saturated carbocycles. The van der Waals surface area contributed by atoms with Crippen LogP contribution in [-0.4, -0.2) is 43.6 Å². The Morgan fingerprint density at radius 2 is 1.88 bits per heavy atom. The van der Waals surface area contributed by atoms with Gasteiger partial charge in [-0.2, -0.15) is 0 Å². The number of hydrogen-bond donors (Lipinski definition) is 2. The first-order chi connectivity index (χ1) is 11.8. The molecule has 2 N–H and O–H groups in total. The fraction of sp³-hybridized carbons (Fsp3) is 0.588. The highest BCUT2D eigenvalue weighted by atomic mass is 127. The molecule has 2 rings (SSSR count). The number of nitrogens with zero attached hydrogens (tertiary/aromatic N) is 4. The zero-order valence-corrected chi connectivity index (χ0v) is 20.3. The molecule has 0 atom stereocenters. The molecule has 2 aromatic heterocycles. The second-order valence-electron chi connectivity index (χ2n) is 6.99. The number of guanidine groups is 1. The Kier molecular flexibility index (Phi) is 9.25. The van der Waals surface area contributed by atoms with E-state index in [2.05, 4.69) is 52.1 Å². The van der Waals surface area contributed by atoms with Gasteiger partial charge in [-0.15, -0.1) is 46.7 Å². The average molecular weight is 508 g/mol. The summed E-state index contributed by atoms with van der Waals surface area (Å²) in [5, 5.41) is 13.0. The summed E-state index contributed by atoms with van der Waals surface area (Å²) in [6.07, 6.45) is 0.892. The van der Waals surface area contributed by atoms with Crippen molar-refractivity contribution >= 4 is 57.7 Å². The van der Waals surface area contributed by atoms with Crippen molar-refractivity contribution in [1.29, 1.82) is 0 Å². The van der Waals surface area contributed by atoms with Crippen LogP contribution in [0.4, 0.5) is 5.13 Å². The average Bonchev–Trinajstić information content (AvgIpc) is 3.19. The van der Waals surface area contributed by atoms with Crippen LogP contribution in [0.3, 0.4) is 0 Å². The Bertz CT molecular complexity index is 702. The van der Waals surface area contributed by atoms with Crippen LogP contribution in [-0.2, 0) is 18.4 Å². The minimum Gasteiger partial charge on any atom is -0.356 e. The van der Waals surface area contributed by atoms with Crippen LogP contribution in [0.2, 0.25) is 0 Å². The van der Waals surface area contributed by atoms with E-state index in [0.717, 1.165) is 40.5 Å². The van der Waals surface area contributed by atoms with Crippen LogP contribution in [0.5, 0.6) is 0 Å². The van der Waals surface area contributed by atoms with Gasteiger partial charge in [-0.05, 0) is 0 Å². The van der Waals surface area contributed by atoms with Gasteiger partial charge in [0.1, 0.15) is 0 Å².